The summed E-state index contributed by atoms with van der Waals surface area (Å²) in [5.74, 6) is 0.149. The van der Waals surface area contributed by atoms with E-state index in [0.29, 0.717) is 0 Å². The summed E-state index contributed by atoms with van der Waals surface area (Å²) in [6.07, 6.45) is -2.01. The molecule has 1 aliphatic heterocycles. The lowest BCUT2D eigenvalue weighted by molar-refractivity contribution is -0.384. The first-order valence-corrected chi connectivity index (χ1v) is 7.53. The summed E-state index contributed by atoms with van der Waals surface area (Å²) in [5.41, 5.74) is 0.788. The molecule has 25 heavy (non-hydrogen) atoms. The maximum absolute atomic E-state index is 11.8. The summed E-state index contributed by atoms with van der Waals surface area (Å²) >= 11 is 0. The van der Waals surface area contributed by atoms with E-state index in [1.54, 1.807) is 0 Å². The van der Waals surface area contributed by atoms with Gasteiger partial charge in [0, 0.05) is 17.7 Å². The van der Waals surface area contributed by atoms with Gasteiger partial charge in [0.15, 0.2) is 12.4 Å². The fourth-order valence-electron chi connectivity index (χ4n) is 2.25. The lowest BCUT2D eigenvalue weighted by Gasteiger charge is -2.28. The van der Waals surface area contributed by atoms with Crippen molar-refractivity contribution < 1.29 is 28.7 Å². The van der Waals surface area contributed by atoms with E-state index < -0.39 is 23.5 Å². The minimum Gasteiger partial charge on any atom is -0.426 e. The molecule has 0 atom stereocenters. The molecule has 2 aromatic rings. The normalized spacial score (nSPS) is 19.8. The van der Waals surface area contributed by atoms with Crippen LogP contribution in [0.15, 0.2) is 54.6 Å². The van der Waals surface area contributed by atoms with Crippen LogP contribution >= 0.6 is 0 Å². The molecule has 1 heterocycles. The van der Waals surface area contributed by atoms with Crippen LogP contribution < -0.4 is 4.74 Å². The van der Waals surface area contributed by atoms with Gasteiger partial charge < -0.3 is 18.9 Å². The first kappa shape index (κ1) is 16.9. The Balaban J connectivity index is 1.47. The minimum absolute atomic E-state index is 0.0956. The topological polar surface area (TPSA) is 97.1 Å². The number of carbonyl (C=O) groups excluding carboxylic acids is 1. The SMILES string of the molecule is O=C(Oc1ccc([N+](=O)[O-])cc1)OC1COC(c2ccccc2)OC1. The van der Waals surface area contributed by atoms with E-state index in [1.807, 2.05) is 30.3 Å². The smallest absolute Gasteiger partial charge is 0.426 e. The molecule has 8 heteroatoms. The van der Waals surface area contributed by atoms with E-state index in [9.17, 15) is 14.9 Å². The number of ether oxygens (including phenoxy) is 4. The molecule has 0 N–H and O–H groups in total. The van der Waals surface area contributed by atoms with Crippen LogP contribution in [0.1, 0.15) is 11.9 Å². The molecule has 1 fully saturated rings. The van der Waals surface area contributed by atoms with Crippen molar-refractivity contribution in [2.24, 2.45) is 0 Å². The van der Waals surface area contributed by atoms with Crippen molar-refractivity contribution in [3.8, 4) is 5.75 Å². The fraction of sp³-hybridized carbons (Fsp3) is 0.235. The molecule has 0 aromatic heterocycles. The summed E-state index contributed by atoms with van der Waals surface area (Å²) in [5, 5.41) is 10.6. The third-order valence-corrected chi connectivity index (χ3v) is 3.45. The minimum atomic E-state index is -0.927. The van der Waals surface area contributed by atoms with E-state index in [4.69, 9.17) is 18.9 Å². The molecule has 0 unspecified atom stereocenters. The number of nitrogens with zero attached hydrogens (tertiary/aromatic N) is 1. The summed E-state index contributed by atoms with van der Waals surface area (Å²) in [6.45, 7) is 0.351. The summed E-state index contributed by atoms with van der Waals surface area (Å²) in [6, 6.07) is 14.5. The Bertz CT molecular complexity index is 724. The van der Waals surface area contributed by atoms with E-state index in [1.165, 1.54) is 24.3 Å². The van der Waals surface area contributed by atoms with Crippen molar-refractivity contribution in [1.82, 2.24) is 0 Å². The van der Waals surface area contributed by atoms with Crippen molar-refractivity contribution in [3.05, 3.63) is 70.3 Å². The lowest BCUT2D eigenvalue weighted by Crippen LogP contribution is -2.35. The van der Waals surface area contributed by atoms with Gasteiger partial charge in [0.25, 0.3) is 5.69 Å². The Labute approximate surface area is 143 Å². The van der Waals surface area contributed by atoms with Crippen LogP contribution in [-0.2, 0) is 14.2 Å². The number of hydrogen-bond donors (Lipinski definition) is 0. The van der Waals surface area contributed by atoms with Crippen molar-refractivity contribution in [2.75, 3.05) is 13.2 Å². The highest BCUT2D eigenvalue weighted by molar-refractivity contribution is 5.64. The van der Waals surface area contributed by atoms with Crippen LogP contribution in [0.3, 0.4) is 0 Å². The van der Waals surface area contributed by atoms with E-state index in [0.717, 1.165) is 5.56 Å². The summed E-state index contributed by atoms with van der Waals surface area (Å²) in [4.78, 5) is 21.8. The maximum Gasteiger partial charge on any atom is 0.514 e. The zero-order chi connectivity index (χ0) is 17.6. The monoisotopic (exact) mass is 345 g/mol. The van der Waals surface area contributed by atoms with Crippen LogP contribution in [0, 0.1) is 10.1 Å². The van der Waals surface area contributed by atoms with Gasteiger partial charge in [-0.05, 0) is 12.1 Å². The number of benzene rings is 2. The number of hydrogen-bond acceptors (Lipinski definition) is 7. The Hall–Kier alpha value is -2.97. The van der Waals surface area contributed by atoms with Crippen LogP contribution in [0.4, 0.5) is 10.5 Å². The number of nitro groups is 1. The van der Waals surface area contributed by atoms with Gasteiger partial charge in [-0.3, -0.25) is 10.1 Å². The zero-order valence-corrected chi connectivity index (χ0v) is 13.1. The third-order valence-electron chi connectivity index (χ3n) is 3.45. The maximum atomic E-state index is 11.8. The van der Waals surface area contributed by atoms with Crippen LogP contribution in [0.25, 0.3) is 0 Å². The molecule has 0 spiro atoms. The summed E-state index contributed by atoms with van der Waals surface area (Å²) < 4.78 is 21.2. The summed E-state index contributed by atoms with van der Waals surface area (Å²) in [7, 11) is 0. The number of rotatable bonds is 4. The molecule has 0 saturated carbocycles. The molecule has 1 saturated heterocycles. The van der Waals surface area contributed by atoms with Gasteiger partial charge in [0.2, 0.25) is 0 Å². The van der Waals surface area contributed by atoms with Gasteiger partial charge in [0.05, 0.1) is 18.1 Å². The largest absolute Gasteiger partial charge is 0.514 e. The van der Waals surface area contributed by atoms with Crippen molar-refractivity contribution >= 4 is 11.8 Å². The quantitative estimate of drug-likeness (QED) is 0.363. The molecule has 130 valence electrons. The van der Waals surface area contributed by atoms with E-state index in [-0.39, 0.29) is 24.7 Å². The Morgan fingerprint density at radius 1 is 1.04 bits per heavy atom. The molecular formula is C17H15NO7. The van der Waals surface area contributed by atoms with E-state index >= 15 is 0 Å². The molecule has 8 nitrogen and oxygen atoms in total. The average Bonchev–Trinajstić information content (AvgIpc) is 2.63. The molecule has 1 aliphatic rings. The van der Waals surface area contributed by atoms with Gasteiger partial charge in [0.1, 0.15) is 5.75 Å². The number of carbonyl (C=O) groups is 1. The van der Waals surface area contributed by atoms with Gasteiger partial charge in [-0.15, -0.1) is 0 Å². The standard InChI is InChI=1S/C17H15NO7/c19-17(24-14-8-6-13(7-9-14)18(20)21)25-15-10-22-16(23-11-15)12-4-2-1-3-5-12/h1-9,15-16H,10-11H2. The number of nitro benzene ring substituents is 1. The van der Waals surface area contributed by atoms with Gasteiger partial charge in [-0.1, -0.05) is 30.3 Å². The first-order valence-electron chi connectivity index (χ1n) is 7.53. The Morgan fingerprint density at radius 2 is 1.68 bits per heavy atom. The van der Waals surface area contributed by atoms with Crippen LogP contribution in [0.5, 0.6) is 5.75 Å². The Morgan fingerprint density at radius 3 is 2.28 bits per heavy atom. The fourth-order valence-corrected chi connectivity index (χ4v) is 2.25. The zero-order valence-electron chi connectivity index (χ0n) is 13.1. The second-order valence-electron chi connectivity index (χ2n) is 5.25. The highest BCUT2D eigenvalue weighted by atomic mass is 16.8. The highest BCUT2D eigenvalue weighted by Crippen LogP contribution is 2.24. The second-order valence-corrected chi connectivity index (χ2v) is 5.25. The second kappa shape index (κ2) is 7.73. The molecule has 0 amide bonds. The lowest BCUT2D eigenvalue weighted by atomic mass is 10.2. The molecule has 0 aliphatic carbocycles. The van der Waals surface area contributed by atoms with Crippen LogP contribution in [0.2, 0.25) is 0 Å². The molecular weight excluding hydrogens is 330 g/mol. The van der Waals surface area contributed by atoms with Crippen molar-refractivity contribution in [2.45, 2.75) is 12.4 Å². The number of non-ortho nitro benzene ring substituents is 1. The average molecular weight is 345 g/mol. The molecule has 0 radical (unpaired) electrons. The predicted molar refractivity (Wildman–Crippen MR) is 85.1 cm³/mol. The predicted octanol–water partition coefficient (Wildman–Crippen LogP) is 3.22. The highest BCUT2D eigenvalue weighted by Gasteiger charge is 2.26. The van der Waals surface area contributed by atoms with Gasteiger partial charge in [-0.25, -0.2) is 4.79 Å². The first-order chi connectivity index (χ1) is 12.1. The van der Waals surface area contributed by atoms with Crippen molar-refractivity contribution in [1.29, 1.82) is 0 Å². The van der Waals surface area contributed by atoms with Crippen molar-refractivity contribution in [3.63, 3.8) is 0 Å². The Kier molecular flexibility index (Phi) is 5.22. The van der Waals surface area contributed by atoms with E-state index in [2.05, 4.69) is 0 Å². The molecule has 0 bridgehead atoms. The van der Waals surface area contributed by atoms with Gasteiger partial charge >= 0.3 is 6.16 Å². The van der Waals surface area contributed by atoms with Gasteiger partial charge in [-0.2, -0.15) is 0 Å². The molecule has 3 rings (SSSR count). The molecule has 2 aromatic carbocycles. The third kappa shape index (κ3) is 4.52. The van der Waals surface area contributed by atoms with Crippen LogP contribution in [-0.4, -0.2) is 30.4 Å².